The first-order chi connectivity index (χ1) is 8.44. The Labute approximate surface area is 110 Å². The molecular formula is C15H24N2O. The van der Waals surface area contributed by atoms with Gasteiger partial charge in [-0.2, -0.15) is 0 Å². The van der Waals surface area contributed by atoms with Gasteiger partial charge in [0.15, 0.2) is 0 Å². The molecule has 100 valence electrons. The molecule has 0 aliphatic heterocycles. The standard InChI is InChI=1S/C15H24N2O/c1-4-15(2,3)11-17-14(18)13(16)10-12-8-6-5-7-9-12/h5-9,13H,4,10-11,16H2,1-3H3,(H,17,18)/t13-/m1/s1. The SMILES string of the molecule is CCC(C)(C)CNC(=O)[C@H](N)Cc1ccccc1. The Hall–Kier alpha value is -1.35. The molecule has 0 saturated carbocycles. The van der Waals surface area contributed by atoms with Crippen LogP contribution in [0.15, 0.2) is 30.3 Å². The fourth-order valence-electron chi connectivity index (χ4n) is 1.54. The topological polar surface area (TPSA) is 55.1 Å². The molecule has 3 heteroatoms. The molecule has 1 amide bonds. The number of amides is 1. The third-order valence-electron chi connectivity index (χ3n) is 3.33. The summed E-state index contributed by atoms with van der Waals surface area (Å²) in [5.74, 6) is -0.0691. The lowest BCUT2D eigenvalue weighted by molar-refractivity contribution is -0.122. The summed E-state index contributed by atoms with van der Waals surface area (Å²) in [5.41, 5.74) is 7.13. The highest BCUT2D eigenvalue weighted by Gasteiger charge is 2.19. The number of nitrogens with one attached hydrogen (secondary N) is 1. The molecule has 0 aliphatic carbocycles. The van der Waals surface area contributed by atoms with Crippen LogP contribution in [0.1, 0.15) is 32.8 Å². The van der Waals surface area contributed by atoms with E-state index in [2.05, 4.69) is 26.1 Å². The van der Waals surface area contributed by atoms with Gasteiger partial charge in [0.1, 0.15) is 0 Å². The average Bonchev–Trinajstić information content (AvgIpc) is 2.37. The third kappa shape index (κ3) is 4.88. The molecule has 0 bridgehead atoms. The van der Waals surface area contributed by atoms with Crippen molar-refractivity contribution in [2.45, 2.75) is 39.7 Å². The van der Waals surface area contributed by atoms with Crippen molar-refractivity contribution in [1.29, 1.82) is 0 Å². The third-order valence-corrected chi connectivity index (χ3v) is 3.33. The van der Waals surface area contributed by atoms with Crippen LogP contribution in [0.25, 0.3) is 0 Å². The zero-order valence-electron chi connectivity index (χ0n) is 11.6. The lowest BCUT2D eigenvalue weighted by atomic mass is 9.90. The molecule has 1 atom stereocenters. The van der Waals surface area contributed by atoms with E-state index < -0.39 is 6.04 Å². The summed E-state index contributed by atoms with van der Waals surface area (Å²) in [5, 5.41) is 2.93. The lowest BCUT2D eigenvalue weighted by Crippen LogP contribution is -2.45. The second-order valence-corrected chi connectivity index (χ2v) is 5.53. The predicted octanol–water partition coefficient (Wildman–Crippen LogP) is 2.11. The molecule has 0 aliphatic rings. The van der Waals surface area contributed by atoms with Gasteiger partial charge in [0, 0.05) is 6.54 Å². The Kier molecular flexibility index (Phi) is 5.35. The highest BCUT2D eigenvalue weighted by atomic mass is 16.2. The Morgan fingerprint density at radius 3 is 2.50 bits per heavy atom. The maximum absolute atomic E-state index is 11.9. The van der Waals surface area contributed by atoms with Crippen LogP contribution in [0, 0.1) is 5.41 Å². The number of benzene rings is 1. The van der Waals surface area contributed by atoms with Gasteiger partial charge in [-0.3, -0.25) is 4.79 Å². The quantitative estimate of drug-likeness (QED) is 0.810. The number of carbonyl (C=O) groups is 1. The first kappa shape index (κ1) is 14.7. The molecule has 0 spiro atoms. The Bertz CT molecular complexity index is 373. The van der Waals surface area contributed by atoms with Gasteiger partial charge in [0.2, 0.25) is 5.91 Å². The molecular weight excluding hydrogens is 224 g/mol. The van der Waals surface area contributed by atoms with Crippen molar-refractivity contribution in [3.8, 4) is 0 Å². The minimum Gasteiger partial charge on any atom is -0.354 e. The molecule has 0 saturated heterocycles. The van der Waals surface area contributed by atoms with E-state index >= 15 is 0 Å². The van der Waals surface area contributed by atoms with Crippen molar-refractivity contribution in [2.75, 3.05) is 6.54 Å². The van der Waals surface area contributed by atoms with Crippen molar-refractivity contribution in [2.24, 2.45) is 11.1 Å². The van der Waals surface area contributed by atoms with Crippen LogP contribution in [0.5, 0.6) is 0 Å². The van der Waals surface area contributed by atoms with Gasteiger partial charge >= 0.3 is 0 Å². The van der Waals surface area contributed by atoms with Crippen LogP contribution >= 0.6 is 0 Å². The van der Waals surface area contributed by atoms with Crippen molar-refractivity contribution in [3.63, 3.8) is 0 Å². The van der Waals surface area contributed by atoms with E-state index in [-0.39, 0.29) is 11.3 Å². The van der Waals surface area contributed by atoms with E-state index in [1.54, 1.807) is 0 Å². The molecule has 18 heavy (non-hydrogen) atoms. The van der Waals surface area contributed by atoms with E-state index in [9.17, 15) is 4.79 Å². The predicted molar refractivity (Wildman–Crippen MR) is 75.2 cm³/mol. The first-order valence-electron chi connectivity index (χ1n) is 6.52. The maximum atomic E-state index is 11.9. The molecule has 0 aromatic heterocycles. The molecule has 0 heterocycles. The first-order valence-corrected chi connectivity index (χ1v) is 6.52. The average molecular weight is 248 g/mol. The van der Waals surface area contributed by atoms with E-state index in [1.807, 2.05) is 30.3 Å². The van der Waals surface area contributed by atoms with Gasteiger partial charge in [-0.1, -0.05) is 51.1 Å². The molecule has 1 aromatic carbocycles. The van der Waals surface area contributed by atoms with E-state index in [1.165, 1.54) is 0 Å². The minimum absolute atomic E-state index is 0.0691. The Balaban J connectivity index is 2.43. The smallest absolute Gasteiger partial charge is 0.237 e. The summed E-state index contributed by atoms with van der Waals surface area (Å²) < 4.78 is 0. The number of carbonyl (C=O) groups excluding carboxylic acids is 1. The lowest BCUT2D eigenvalue weighted by Gasteiger charge is -2.24. The van der Waals surface area contributed by atoms with Crippen LogP contribution in [0.2, 0.25) is 0 Å². The van der Waals surface area contributed by atoms with Gasteiger partial charge in [0.05, 0.1) is 6.04 Å². The highest BCUT2D eigenvalue weighted by molar-refractivity contribution is 5.81. The highest BCUT2D eigenvalue weighted by Crippen LogP contribution is 2.17. The van der Waals surface area contributed by atoms with Crippen molar-refractivity contribution in [1.82, 2.24) is 5.32 Å². The van der Waals surface area contributed by atoms with Gasteiger partial charge < -0.3 is 11.1 Å². The van der Waals surface area contributed by atoms with Crippen LogP contribution in [-0.2, 0) is 11.2 Å². The molecule has 3 N–H and O–H groups in total. The second-order valence-electron chi connectivity index (χ2n) is 5.53. The summed E-state index contributed by atoms with van der Waals surface area (Å²) in [4.78, 5) is 11.9. The van der Waals surface area contributed by atoms with E-state index in [0.29, 0.717) is 13.0 Å². The van der Waals surface area contributed by atoms with E-state index in [0.717, 1.165) is 12.0 Å². The summed E-state index contributed by atoms with van der Waals surface area (Å²) >= 11 is 0. The monoisotopic (exact) mass is 248 g/mol. The number of nitrogens with two attached hydrogens (primary N) is 1. The van der Waals surface area contributed by atoms with Gasteiger partial charge in [-0.05, 0) is 23.8 Å². The zero-order valence-corrected chi connectivity index (χ0v) is 11.6. The summed E-state index contributed by atoms with van der Waals surface area (Å²) in [7, 11) is 0. The van der Waals surface area contributed by atoms with Crippen molar-refractivity contribution in [3.05, 3.63) is 35.9 Å². The van der Waals surface area contributed by atoms with Crippen LogP contribution in [0.4, 0.5) is 0 Å². The zero-order chi connectivity index (χ0) is 13.6. The van der Waals surface area contributed by atoms with Gasteiger partial charge in [-0.15, -0.1) is 0 Å². The Morgan fingerprint density at radius 2 is 1.94 bits per heavy atom. The van der Waals surface area contributed by atoms with Crippen molar-refractivity contribution >= 4 is 5.91 Å². The fourth-order valence-corrected chi connectivity index (χ4v) is 1.54. The normalized spacial score (nSPS) is 13.1. The molecule has 1 aromatic rings. The van der Waals surface area contributed by atoms with Gasteiger partial charge in [-0.25, -0.2) is 0 Å². The number of rotatable bonds is 6. The van der Waals surface area contributed by atoms with Gasteiger partial charge in [0.25, 0.3) is 0 Å². The maximum Gasteiger partial charge on any atom is 0.237 e. The van der Waals surface area contributed by atoms with E-state index in [4.69, 9.17) is 5.73 Å². The molecule has 3 nitrogen and oxygen atoms in total. The fraction of sp³-hybridized carbons (Fsp3) is 0.533. The summed E-state index contributed by atoms with van der Waals surface area (Å²) in [6, 6.07) is 9.38. The Morgan fingerprint density at radius 1 is 1.33 bits per heavy atom. The molecule has 0 radical (unpaired) electrons. The molecule has 0 unspecified atom stereocenters. The summed E-state index contributed by atoms with van der Waals surface area (Å²) in [6.45, 7) is 7.06. The largest absolute Gasteiger partial charge is 0.354 e. The van der Waals surface area contributed by atoms with Crippen LogP contribution in [0.3, 0.4) is 0 Å². The van der Waals surface area contributed by atoms with Crippen LogP contribution < -0.4 is 11.1 Å². The van der Waals surface area contributed by atoms with Crippen molar-refractivity contribution < 1.29 is 4.79 Å². The summed E-state index contributed by atoms with van der Waals surface area (Å²) in [6.07, 6.45) is 1.61. The second kappa shape index (κ2) is 6.55. The number of hydrogen-bond acceptors (Lipinski definition) is 2. The minimum atomic E-state index is -0.472. The number of hydrogen-bond donors (Lipinski definition) is 2. The molecule has 0 fully saturated rings. The van der Waals surface area contributed by atoms with Crippen LogP contribution in [-0.4, -0.2) is 18.5 Å². The molecule has 1 rings (SSSR count).